The van der Waals surface area contributed by atoms with E-state index in [-0.39, 0.29) is 11.3 Å². The number of pyridine rings is 1. The van der Waals surface area contributed by atoms with Gasteiger partial charge in [0.2, 0.25) is 0 Å². The Balaban J connectivity index is 2.20. The highest BCUT2D eigenvalue weighted by molar-refractivity contribution is 9.10. The third-order valence-electron chi connectivity index (χ3n) is 3.38. The topological polar surface area (TPSA) is 93.3 Å². The van der Waals surface area contributed by atoms with Gasteiger partial charge in [-0.25, -0.2) is 9.78 Å². The summed E-state index contributed by atoms with van der Waals surface area (Å²) >= 11 is 3.32. The molecule has 0 atom stereocenters. The van der Waals surface area contributed by atoms with E-state index in [0.29, 0.717) is 22.2 Å². The van der Waals surface area contributed by atoms with Gasteiger partial charge in [0, 0.05) is 27.6 Å². The molecule has 0 aliphatic rings. The van der Waals surface area contributed by atoms with E-state index in [1.165, 1.54) is 18.2 Å². The van der Waals surface area contributed by atoms with Gasteiger partial charge in [0.05, 0.1) is 21.7 Å². The van der Waals surface area contributed by atoms with E-state index in [1.54, 1.807) is 30.3 Å². The van der Waals surface area contributed by atoms with Crippen LogP contribution in [0.2, 0.25) is 0 Å². The van der Waals surface area contributed by atoms with Gasteiger partial charge in [-0.3, -0.25) is 10.1 Å². The molecule has 1 N–H and O–H groups in total. The fourth-order valence-electron chi connectivity index (χ4n) is 2.28. The first-order valence-electron chi connectivity index (χ1n) is 6.54. The van der Waals surface area contributed by atoms with Gasteiger partial charge in [0.25, 0.3) is 5.69 Å². The Hall–Kier alpha value is -2.80. The number of carboxylic acid groups (broad SMARTS) is 1. The van der Waals surface area contributed by atoms with Gasteiger partial charge in [0.15, 0.2) is 0 Å². The number of fused-ring (bicyclic) bond motifs is 1. The molecule has 2 aromatic carbocycles. The lowest BCUT2D eigenvalue weighted by Crippen LogP contribution is -2.00. The minimum atomic E-state index is -1.06. The first-order chi connectivity index (χ1) is 11.0. The Kier molecular flexibility index (Phi) is 3.79. The van der Waals surface area contributed by atoms with Crippen molar-refractivity contribution in [2.45, 2.75) is 0 Å². The molecule has 1 aromatic heterocycles. The van der Waals surface area contributed by atoms with Crippen LogP contribution in [0.4, 0.5) is 5.69 Å². The van der Waals surface area contributed by atoms with E-state index in [9.17, 15) is 20.0 Å². The van der Waals surface area contributed by atoms with Gasteiger partial charge in [-0.1, -0.05) is 15.9 Å². The highest BCUT2D eigenvalue weighted by Gasteiger charge is 2.14. The first-order valence-corrected chi connectivity index (χ1v) is 7.33. The molecule has 3 aromatic rings. The normalized spacial score (nSPS) is 10.7. The largest absolute Gasteiger partial charge is 0.478 e. The lowest BCUT2D eigenvalue weighted by Gasteiger charge is -2.07. The first kappa shape index (κ1) is 15.1. The van der Waals surface area contributed by atoms with Gasteiger partial charge in [0.1, 0.15) is 0 Å². The Labute approximate surface area is 138 Å². The monoisotopic (exact) mass is 372 g/mol. The number of hydrogen-bond acceptors (Lipinski definition) is 4. The van der Waals surface area contributed by atoms with E-state index in [1.807, 2.05) is 0 Å². The molecule has 3 rings (SSSR count). The number of carboxylic acids is 1. The number of carbonyl (C=O) groups is 1. The van der Waals surface area contributed by atoms with Crippen molar-refractivity contribution >= 4 is 38.5 Å². The lowest BCUT2D eigenvalue weighted by atomic mass is 10.0. The van der Waals surface area contributed by atoms with Crippen LogP contribution in [0.3, 0.4) is 0 Å². The number of non-ortho nitro benzene ring substituents is 1. The van der Waals surface area contributed by atoms with E-state index in [4.69, 9.17) is 0 Å². The van der Waals surface area contributed by atoms with Crippen molar-refractivity contribution in [1.82, 2.24) is 4.98 Å². The molecule has 0 saturated carbocycles. The van der Waals surface area contributed by atoms with E-state index < -0.39 is 10.9 Å². The number of nitro benzene ring substituents is 1. The molecule has 0 radical (unpaired) electrons. The van der Waals surface area contributed by atoms with Crippen LogP contribution in [0.5, 0.6) is 0 Å². The van der Waals surface area contributed by atoms with Crippen molar-refractivity contribution in [1.29, 1.82) is 0 Å². The third kappa shape index (κ3) is 2.91. The minimum Gasteiger partial charge on any atom is -0.478 e. The van der Waals surface area contributed by atoms with Crippen molar-refractivity contribution in [2.75, 3.05) is 0 Å². The molecule has 0 fully saturated rings. The number of nitrogens with zero attached hydrogens (tertiary/aromatic N) is 2. The number of halogens is 1. The smallest absolute Gasteiger partial charge is 0.336 e. The maximum atomic E-state index is 11.5. The lowest BCUT2D eigenvalue weighted by molar-refractivity contribution is -0.384. The summed E-state index contributed by atoms with van der Waals surface area (Å²) in [5, 5.41) is 20.7. The molecule has 1 heterocycles. The number of benzene rings is 2. The Morgan fingerprint density at radius 3 is 2.43 bits per heavy atom. The highest BCUT2D eigenvalue weighted by Crippen LogP contribution is 2.28. The predicted molar refractivity (Wildman–Crippen MR) is 88.5 cm³/mol. The van der Waals surface area contributed by atoms with E-state index >= 15 is 0 Å². The van der Waals surface area contributed by atoms with Crippen molar-refractivity contribution < 1.29 is 14.8 Å². The van der Waals surface area contributed by atoms with Gasteiger partial charge >= 0.3 is 5.97 Å². The summed E-state index contributed by atoms with van der Waals surface area (Å²) in [4.78, 5) is 26.2. The zero-order chi connectivity index (χ0) is 16.6. The molecule has 6 nitrogen and oxygen atoms in total. The van der Waals surface area contributed by atoms with E-state index in [2.05, 4.69) is 20.9 Å². The second-order valence-corrected chi connectivity index (χ2v) is 5.74. The molecule has 0 unspecified atom stereocenters. The van der Waals surface area contributed by atoms with Crippen molar-refractivity contribution in [3.8, 4) is 11.3 Å². The number of hydrogen-bond donors (Lipinski definition) is 1. The maximum Gasteiger partial charge on any atom is 0.336 e. The fraction of sp³-hybridized carbons (Fsp3) is 0. The number of aromatic nitrogens is 1. The molecule has 7 heteroatoms. The van der Waals surface area contributed by atoms with Crippen molar-refractivity contribution in [2.24, 2.45) is 0 Å². The molecular weight excluding hydrogens is 364 g/mol. The zero-order valence-electron chi connectivity index (χ0n) is 11.6. The summed E-state index contributed by atoms with van der Waals surface area (Å²) in [5.41, 5.74) is 1.71. The number of nitro groups is 1. The minimum absolute atomic E-state index is 0.0306. The van der Waals surface area contributed by atoms with Crippen LogP contribution in [-0.2, 0) is 0 Å². The zero-order valence-corrected chi connectivity index (χ0v) is 13.1. The summed E-state index contributed by atoms with van der Waals surface area (Å²) < 4.78 is 0.761. The highest BCUT2D eigenvalue weighted by atomic mass is 79.9. The second kappa shape index (κ2) is 5.77. The molecule has 0 spiro atoms. The van der Waals surface area contributed by atoms with Crippen LogP contribution in [0.1, 0.15) is 10.4 Å². The second-order valence-electron chi connectivity index (χ2n) is 4.83. The van der Waals surface area contributed by atoms with Gasteiger partial charge in [-0.05, 0) is 36.4 Å². The third-order valence-corrected chi connectivity index (χ3v) is 3.87. The van der Waals surface area contributed by atoms with Crippen LogP contribution in [-0.4, -0.2) is 21.0 Å². The van der Waals surface area contributed by atoms with Crippen LogP contribution in [0.15, 0.2) is 53.0 Å². The molecule has 0 aliphatic heterocycles. The average Bonchev–Trinajstić information content (AvgIpc) is 2.53. The van der Waals surface area contributed by atoms with Crippen LogP contribution in [0, 0.1) is 10.1 Å². The maximum absolute atomic E-state index is 11.5. The summed E-state index contributed by atoms with van der Waals surface area (Å²) in [6, 6.07) is 12.5. The summed E-state index contributed by atoms with van der Waals surface area (Å²) in [7, 11) is 0. The summed E-state index contributed by atoms with van der Waals surface area (Å²) in [5.74, 6) is -1.06. The summed E-state index contributed by atoms with van der Waals surface area (Å²) in [6.07, 6.45) is 0. The standard InChI is InChI=1S/C16H9BrN2O4/c17-10-3-6-14-12(7-10)13(16(20)21)8-15(18-14)9-1-4-11(5-2-9)19(22)23/h1-8H,(H,20,21). The van der Waals surface area contributed by atoms with Crippen molar-refractivity contribution in [3.63, 3.8) is 0 Å². The molecule has 0 saturated heterocycles. The SMILES string of the molecule is O=C(O)c1cc(-c2ccc([N+](=O)[O-])cc2)nc2ccc(Br)cc12. The van der Waals surface area contributed by atoms with Crippen LogP contribution < -0.4 is 0 Å². The van der Waals surface area contributed by atoms with Crippen LogP contribution >= 0.6 is 15.9 Å². The molecule has 0 bridgehead atoms. The van der Waals surface area contributed by atoms with Crippen molar-refractivity contribution in [3.05, 3.63) is 68.7 Å². The quantitative estimate of drug-likeness (QED) is 0.547. The Morgan fingerprint density at radius 2 is 1.83 bits per heavy atom. The van der Waals surface area contributed by atoms with Crippen LogP contribution in [0.25, 0.3) is 22.2 Å². The summed E-state index contributed by atoms with van der Waals surface area (Å²) in [6.45, 7) is 0. The predicted octanol–water partition coefficient (Wildman–Crippen LogP) is 4.27. The molecule has 0 aliphatic carbocycles. The number of rotatable bonds is 3. The number of aromatic carboxylic acids is 1. The van der Waals surface area contributed by atoms with Gasteiger partial charge in [-0.2, -0.15) is 0 Å². The molecule has 114 valence electrons. The Morgan fingerprint density at radius 1 is 1.13 bits per heavy atom. The van der Waals surface area contributed by atoms with Gasteiger partial charge in [-0.15, -0.1) is 0 Å². The molecular formula is C16H9BrN2O4. The molecule has 0 amide bonds. The average molecular weight is 373 g/mol. The van der Waals surface area contributed by atoms with E-state index in [0.717, 1.165) is 4.47 Å². The fourth-order valence-corrected chi connectivity index (χ4v) is 2.64. The Bertz CT molecular complexity index is 939. The van der Waals surface area contributed by atoms with Gasteiger partial charge < -0.3 is 5.11 Å². The molecule has 23 heavy (non-hydrogen) atoms.